The first-order valence-corrected chi connectivity index (χ1v) is 2.60. The molecule has 0 spiro atoms. The molecule has 1 aliphatic rings. The molecule has 0 nitrogen and oxygen atoms in total. The van der Waals surface area contributed by atoms with E-state index in [0.29, 0.717) is 0 Å². The monoisotopic (exact) mass is 176 g/mol. The highest BCUT2D eigenvalue weighted by atomic mass is 19.3. The normalized spacial score (nSPS) is 36.5. The maximum atomic E-state index is 11.9. The van der Waals surface area contributed by atoms with Crippen LogP contribution in [0.4, 0.5) is 26.3 Å². The third kappa shape index (κ3) is 0.918. The van der Waals surface area contributed by atoms with Crippen molar-refractivity contribution in [3.8, 4) is 0 Å². The zero-order valence-corrected chi connectivity index (χ0v) is 4.92. The summed E-state index contributed by atoms with van der Waals surface area (Å²) in [6.07, 6.45) is -6.62. The van der Waals surface area contributed by atoms with Crippen molar-refractivity contribution in [2.24, 2.45) is 0 Å². The molecule has 0 bridgehead atoms. The van der Waals surface area contributed by atoms with Crippen LogP contribution in [0.25, 0.3) is 0 Å². The van der Waals surface area contributed by atoms with Crippen LogP contribution in [-0.4, -0.2) is 18.3 Å². The van der Waals surface area contributed by atoms with Gasteiger partial charge in [0.2, 0.25) is 12.0 Å². The molecule has 64 valence electrons. The molecular formula is C5H2F6. The van der Waals surface area contributed by atoms with Gasteiger partial charge in [0.1, 0.15) is 0 Å². The van der Waals surface area contributed by atoms with Crippen LogP contribution < -0.4 is 0 Å². The fourth-order valence-electron chi connectivity index (χ4n) is 0.714. The molecule has 2 atom stereocenters. The van der Waals surface area contributed by atoms with Crippen LogP contribution in [0.1, 0.15) is 0 Å². The van der Waals surface area contributed by atoms with E-state index >= 15 is 0 Å². The molecule has 1 rings (SSSR count). The minimum Gasteiger partial charge on any atom is -0.237 e. The van der Waals surface area contributed by atoms with E-state index in [2.05, 4.69) is 0 Å². The van der Waals surface area contributed by atoms with Crippen molar-refractivity contribution in [2.45, 2.75) is 18.3 Å². The van der Waals surface area contributed by atoms with Gasteiger partial charge < -0.3 is 0 Å². The molecule has 0 aromatic carbocycles. The summed E-state index contributed by atoms with van der Waals surface area (Å²) in [4.78, 5) is 0. The Morgan fingerprint density at radius 2 is 1.55 bits per heavy atom. The lowest BCUT2D eigenvalue weighted by atomic mass is 10.2. The molecule has 0 amide bonds. The summed E-state index contributed by atoms with van der Waals surface area (Å²) in [5.41, 5.74) is 0. The van der Waals surface area contributed by atoms with Gasteiger partial charge in [0.15, 0.2) is 12.0 Å². The fraction of sp³-hybridized carbons (Fsp3) is 0.600. The molecule has 0 fully saturated rings. The molecular weight excluding hydrogens is 174 g/mol. The Bertz CT molecular complexity index is 207. The van der Waals surface area contributed by atoms with Crippen LogP contribution in [0.15, 0.2) is 11.7 Å². The van der Waals surface area contributed by atoms with E-state index in [0.717, 1.165) is 0 Å². The molecule has 11 heavy (non-hydrogen) atoms. The van der Waals surface area contributed by atoms with Crippen LogP contribution in [0, 0.1) is 0 Å². The number of hydrogen-bond acceptors (Lipinski definition) is 0. The van der Waals surface area contributed by atoms with Gasteiger partial charge in [-0.25, -0.2) is 17.6 Å². The zero-order valence-electron chi connectivity index (χ0n) is 4.92. The molecule has 1 aliphatic carbocycles. The van der Waals surface area contributed by atoms with Gasteiger partial charge >= 0.3 is 5.92 Å². The van der Waals surface area contributed by atoms with E-state index in [1.54, 1.807) is 0 Å². The van der Waals surface area contributed by atoms with Crippen molar-refractivity contribution in [1.29, 1.82) is 0 Å². The van der Waals surface area contributed by atoms with Crippen LogP contribution in [0.5, 0.6) is 0 Å². The number of allylic oxidation sites excluding steroid dienone is 2. The Morgan fingerprint density at radius 1 is 1.09 bits per heavy atom. The minimum absolute atomic E-state index is 2.34. The Balaban J connectivity index is 3.06. The van der Waals surface area contributed by atoms with Gasteiger partial charge in [-0.2, -0.15) is 8.78 Å². The maximum Gasteiger partial charge on any atom is 0.335 e. The van der Waals surface area contributed by atoms with E-state index in [4.69, 9.17) is 0 Å². The summed E-state index contributed by atoms with van der Waals surface area (Å²) in [7, 11) is 0. The summed E-state index contributed by atoms with van der Waals surface area (Å²) in [6, 6.07) is 0. The number of alkyl halides is 4. The van der Waals surface area contributed by atoms with Gasteiger partial charge in [-0.15, -0.1) is 0 Å². The molecule has 0 aromatic rings. The van der Waals surface area contributed by atoms with Gasteiger partial charge in [0.25, 0.3) is 0 Å². The molecule has 0 heterocycles. The van der Waals surface area contributed by atoms with Crippen LogP contribution >= 0.6 is 0 Å². The zero-order chi connectivity index (χ0) is 8.81. The van der Waals surface area contributed by atoms with Crippen molar-refractivity contribution < 1.29 is 26.3 Å². The van der Waals surface area contributed by atoms with Crippen molar-refractivity contribution >= 4 is 0 Å². The van der Waals surface area contributed by atoms with E-state index in [1.165, 1.54) is 0 Å². The third-order valence-corrected chi connectivity index (χ3v) is 1.35. The van der Waals surface area contributed by atoms with Crippen LogP contribution in [0.3, 0.4) is 0 Å². The predicted molar refractivity (Wildman–Crippen MR) is 24.0 cm³/mol. The molecule has 0 saturated carbocycles. The lowest BCUT2D eigenvalue weighted by molar-refractivity contribution is -0.0590. The first-order valence-electron chi connectivity index (χ1n) is 2.60. The molecule has 0 unspecified atom stereocenters. The van der Waals surface area contributed by atoms with Crippen molar-refractivity contribution in [3.05, 3.63) is 11.7 Å². The second kappa shape index (κ2) is 2.15. The van der Waals surface area contributed by atoms with E-state index < -0.39 is 29.9 Å². The highest BCUT2D eigenvalue weighted by Gasteiger charge is 2.59. The van der Waals surface area contributed by atoms with Crippen LogP contribution in [-0.2, 0) is 0 Å². The topological polar surface area (TPSA) is 0 Å². The van der Waals surface area contributed by atoms with Gasteiger partial charge in [-0.3, -0.25) is 0 Å². The first-order chi connectivity index (χ1) is 4.89. The third-order valence-electron chi connectivity index (χ3n) is 1.35. The molecule has 6 heteroatoms. The molecule has 0 N–H and O–H groups in total. The van der Waals surface area contributed by atoms with E-state index in [1.807, 2.05) is 0 Å². The Hall–Kier alpha value is -0.680. The lowest BCUT2D eigenvalue weighted by Crippen LogP contribution is -2.30. The van der Waals surface area contributed by atoms with Gasteiger partial charge in [-0.1, -0.05) is 0 Å². The SMILES string of the molecule is FC1=C(F)C(F)(F)[C@@H](F)[C@H]1F. The predicted octanol–water partition coefficient (Wildman–Crippen LogP) is 2.46. The lowest BCUT2D eigenvalue weighted by Gasteiger charge is -2.10. The molecule has 0 saturated heterocycles. The summed E-state index contributed by atoms with van der Waals surface area (Å²) in [6.45, 7) is 0. The molecule has 0 aliphatic heterocycles. The van der Waals surface area contributed by atoms with Crippen LogP contribution in [0.2, 0.25) is 0 Å². The number of rotatable bonds is 0. The Labute approximate surface area is 57.5 Å². The first kappa shape index (κ1) is 8.42. The molecule has 0 radical (unpaired) electrons. The maximum absolute atomic E-state index is 11.9. The standard InChI is InChI=1S/C5H2F6/c6-1-2(7)4(9)5(10,11)3(1)8/h1,3H/t1-,3-/m0/s1. The van der Waals surface area contributed by atoms with Crippen molar-refractivity contribution in [3.63, 3.8) is 0 Å². The second-order valence-corrected chi connectivity index (χ2v) is 2.09. The van der Waals surface area contributed by atoms with E-state index in [9.17, 15) is 26.3 Å². The van der Waals surface area contributed by atoms with Gasteiger partial charge in [0.05, 0.1) is 0 Å². The molecule has 0 aromatic heterocycles. The Kier molecular flexibility index (Phi) is 1.65. The van der Waals surface area contributed by atoms with Gasteiger partial charge in [0, 0.05) is 0 Å². The van der Waals surface area contributed by atoms with E-state index in [-0.39, 0.29) is 0 Å². The average Bonchev–Trinajstić information content (AvgIpc) is 2.06. The van der Waals surface area contributed by atoms with Crippen molar-refractivity contribution in [1.82, 2.24) is 0 Å². The number of hydrogen-bond donors (Lipinski definition) is 0. The van der Waals surface area contributed by atoms with Gasteiger partial charge in [-0.05, 0) is 0 Å². The highest BCUT2D eigenvalue weighted by Crippen LogP contribution is 2.44. The summed E-state index contributed by atoms with van der Waals surface area (Å²) < 4.78 is 71.5. The smallest absolute Gasteiger partial charge is 0.237 e. The average molecular weight is 176 g/mol. The van der Waals surface area contributed by atoms with Crippen molar-refractivity contribution in [2.75, 3.05) is 0 Å². The fourth-order valence-corrected chi connectivity index (χ4v) is 0.714. The second-order valence-electron chi connectivity index (χ2n) is 2.09. The largest absolute Gasteiger partial charge is 0.335 e. The Morgan fingerprint density at radius 3 is 1.64 bits per heavy atom. The highest BCUT2D eigenvalue weighted by molar-refractivity contribution is 5.25. The summed E-state index contributed by atoms with van der Waals surface area (Å²) in [5.74, 6) is -9.64. The summed E-state index contributed by atoms with van der Waals surface area (Å²) >= 11 is 0. The quantitative estimate of drug-likeness (QED) is 0.497. The minimum atomic E-state index is -4.65. The number of halogens is 6. The summed E-state index contributed by atoms with van der Waals surface area (Å²) in [5, 5.41) is 0.